The number of Topliss-reactive ketones (excluding diaryl/α,β-unsaturated/α-hetero) is 2. The molecular weight excluding hydrogens is 460 g/mol. The number of hydrogen-bond acceptors (Lipinski definition) is 3. The Hall–Kier alpha value is -2.94. The maximum atomic E-state index is 13.0. The van der Waals surface area contributed by atoms with Crippen LogP contribution in [0.5, 0.6) is 0 Å². The monoisotopic (exact) mass is 483 g/mol. The van der Waals surface area contributed by atoms with Gasteiger partial charge in [-0.25, -0.2) is 0 Å². The molecule has 9 heteroatoms. The summed E-state index contributed by atoms with van der Waals surface area (Å²) in [7, 11) is 0. The predicted octanol–water partition coefficient (Wildman–Crippen LogP) is 6.41. The van der Waals surface area contributed by atoms with Gasteiger partial charge in [-0.15, -0.1) is 6.58 Å². The highest BCUT2D eigenvalue weighted by Crippen LogP contribution is 2.36. The Kier molecular flexibility index (Phi) is 7.65. The zero-order valence-electron chi connectivity index (χ0n) is 18.2. The van der Waals surface area contributed by atoms with Crippen molar-refractivity contribution in [2.75, 3.05) is 6.54 Å². The molecule has 0 bridgehead atoms. The first-order chi connectivity index (χ1) is 15.9. The number of allylic oxidation sites excluding steroid dienone is 1. The van der Waals surface area contributed by atoms with Crippen LogP contribution in [0.4, 0.5) is 26.3 Å². The zero-order valence-corrected chi connectivity index (χ0v) is 18.2. The quantitative estimate of drug-likeness (QED) is 0.204. The maximum Gasteiger partial charge on any atom is 0.416 e. The van der Waals surface area contributed by atoms with Crippen LogP contribution >= 0.6 is 0 Å². The van der Waals surface area contributed by atoms with Gasteiger partial charge < -0.3 is 5.32 Å². The number of alkyl halides is 6. The summed E-state index contributed by atoms with van der Waals surface area (Å²) in [5.74, 6) is -0.440. The van der Waals surface area contributed by atoms with Gasteiger partial charge in [-0.05, 0) is 48.6 Å². The van der Waals surface area contributed by atoms with Crippen LogP contribution < -0.4 is 5.32 Å². The third kappa shape index (κ3) is 5.94. The molecule has 0 aromatic heterocycles. The Morgan fingerprint density at radius 3 is 2.29 bits per heavy atom. The van der Waals surface area contributed by atoms with E-state index >= 15 is 0 Å². The Bertz CT molecular complexity index is 1060. The number of halogens is 6. The first-order valence-electron chi connectivity index (χ1n) is 10.7. The van der Waals surface area contributed by atoms with E-state index < -0.39 is 23.5 Å². The van der Waals surface area contributed by atoms with E-state index in [1.165, 1.54) is 0 Å². The van der Waals surface area contributed by atoms with E-state index in [1.54, 1.807) is 24.3 Å². The molecule has 1 atom stereocenters. The third-order valence-corrected chi connectivity index (χ3v) is 5.81. The fourth-order valence-electron chi connectivity index (χ4n) is 4.13. The average Bonchev–Trinajstić information content (AvgIpc) is 2.77. The van der Waals surface area contributed by atoms with Gasteiger partial charge in [-0.2, -0.15) is 26.3 Å². The first-order valence-corrected chi connectivity index (χ1v) is 10.7. The number of ketones is 2. The second-order valence-electron chi connectivity index (χ2n) is 8.22. The van der Waals surface area contributed by atoms with E-state index in [0.717, 1.165) is 0 Å². The summed E-state index contributed by atoms with van der Waals surface area (Å²) in [6, 6.07) is 6.34. The molecule has 0 saturated carbocycles. The Morgan fingerprint density at radius 1 is 1.06 bits per heavy atom. The lowest BCUT2D eigenvalue weighted by molar-refractivity contribution is -0.143. The van der Waals surface area contributed by atoms with Crippen LogP contribution in [0.25, 0.3) is 0 Å². The summed E-state index contributed by atoms with van der Waals surface area (Å²) >= 11 is 0. The first kappa shape index (κ1) is 25.7. The van der Waals surface area contributed by atoms with Crippen LogP contribution in [-0.2, 0) is 25.3 Å². The summed E-state index contributed by atoms with van der Waals surface area (Å²) < 4.78 is 77.9. The molecule has 0 aliphatic heterocycles. The lowest BCUT2D eigenvalue weighted by atomic mass is 9.78. The number of benzene rings is 2. The third-order valence-electron chi connectivity index (χ3n) is 5.81. The molecule has 1 unspecified atom stereocenters. The zero-order chi connectivity index (χ0) is 25.1. The molecule has 0 radical (unpaired) electrons. The fourth-order valence-corrected chi connectivity index (χ4v) is 4.13. The Labute approximate surface area is 192 Å². The lowest BCUT2D eigenvalue weighted by Gasteiger charge is -2.24. The van der Waals surface area contributed by atoms with Crippen LogP contribution in [-0.4, -0.2) is 18.1 Å². The van der Waals surface area contributed by atoms with E-state index in [0.29, 0.717) is 48.1 Å². The minimum atomic E-state index is -4.92. The molecule has 0 fully saturated rings. The molecule has 3 rings (SSSR count). The summed E-state index contributed by atoms with van der Waals surface area (Å²) in [5.41, 5.74) is -1.34. The Balaban J connectivity index is 1.66. The normalized spacial score (nSPS) is 16.3. The van der Waals surface area contributed by atoms with Gasteiger partial charge in [0, 0.05) is 36.6 Å². The van der Waals surface area contributed by atoms with Gasteiger partial charge in [-0.3, -0.25) is 9.59 Å². The highest BCUT2D eigenvalue weighted by Gasteiger charge is 2.37. The number of hydrogen-bond donors (Lipinski definition) is 1. The number of nitrogens with one attached hydrogen (secondary N) is 1. The average molecular weight is 483 g/mol. The van der Waals surface area contributed by atoms with E-state index in [1.807, 2.05) is 0 Å². The molecule has 1 aliphatic carbocycles. The van der Waals surface area contributed by atoms with Gasteiger partial charge in [0.05, 0.1) is 11.1 Å². The van der Waals surface area contributed by atoms with Crippen LogP contribution in [0, 0.1) is 5.92 Å². The molecular formula is C25H23F6NO2. The molecule has 0 saturated heterocycles. The molecule has 2 aromatic rings. The summed E-state index contributed by atoms with van der Waals surface area (Å²) in [4.78, 5) is 25.4. The van der Waals surface area contributed by atoms with Crippen molar-refractivity contribution in [2.24, 2.45) is 5.92 Å². The summed E-state index contributed by atoms with van der Waals surface area (Å²) in [6.45, 7) is 3.44. The highest BCUT2D eigenvalue weighted by molar-refractivity contribution is 6.05. The van der Waals surface area contributed by atoms with Gasteiger partial charge in [0.1, 0.15) is 0 Å². The van der Waals surface area contributed by atoms with Crippen LogP contribution in [0.15, 0.2) is 49.1 Å². The fraction of sp³-hybridized carbons (Fsp3) is 0.360. The van der Waals surface area contributed by atoms with Gasteiger partial charge in [0.25, 0.3) is 0 Å². The van der Waals surface area contributed by atoms with Crippen LogP contribution in [0.3, 0.4) is 0 Å². The van der Waals surface area contributed by atoms with Gasteiger partial charge in [-0.1, -0.05) is 24.3 Å². The van der Waals surface area contributed by atoms with Crippen molar-refractivity contribution in [3.63, 3.8) is 0 Å². The van der Waals surface area contributed by atoms with Crippen molar-refractivity contribution < 1.29 is 35.9 Å². The van der Waals surface area contributed by atoms with E-state index in [4.69, 9.17) is 0 Å². The predicted molar refractivity (Wildman–Crippen MR) is 114 cm³/mol. The van der Waals surface area contributed by atoms with Gasteiger partial charge in [0.2, 0.25) is 0 Å². The number of carbonyl (C=O) groups is 2. The molecule has 0 heterocycles. The smallest absolute Gasteiger partial charge is 0.312 e. The molecule has 1 N–H and O–H groups in total. The van der Waals surface area contributed by atoms with Crippen molar-refractivity contribution >= 4 is 11.6 Å². The van der Waals surface area contributed by atoms with Gasteiger partial charge in [0.15, 0.2) is 11.6 Å². The topological polar surface area (TPSA) is 46.2 Å². The maximum absolute atomic E-state index is 13.0. The van der Waals surface area contributed by atoms with Crippen molar-refractivity contribution in [1.82, 2.24) is 5.32 Å². The summed E-state index contributed by atoms with van der Waals surface area (Å²) in [6.07, 6.45) is -6.42. The van der Waals surface area contributed by atoms with Crippen LogP contribution in [0.1, 0.15) is 62.2 Å². The molecule has 182 valence electrons. The van der Waals surface area contributed by atoms with Crippen molar-refractivity contribution in [3.8, 4) is 0 Å². The second-order valence-corrected chi connectivity index (χ2v) is 8.22. The number of carbonyl (C=O) groups excluding carboxylic acids is 2. The molecule has 1 aliphatic rings. The van der Waals surface area contributed by atoms with Crippen LogP contribution in [0.2, 0.25) is 0 Å². The van der Waals surface area contributed by atoms with E-state index in [2.05, 4.69) is 11.9 Å². The summed E-state index contributed by atoms with van der Waals surface area (Å²) in [5, 5.41) is 2.74. The highest BCUT2D eigenvalue weighted by atomic mass is 19.4. The molecule has 0 spiro atoms. The van der Waals surface area contributed by atoms with Crippen molar-refractivity contribution in [3.05, 3.63) is 82.4 Å². The molecule has 3 nitrogen and oxygen atoms in total. The minimum Gasteiger partial charge on any atom is -0.312 e. The largest absolute Gasteiger partial charge is 0.416 e. The molecule has 0 amide bonds. The molecule has 2 aromatic carbocycles. The standard InChI is InChI=1S/C25H23F6NO2/c1-2-4-16-7-8-19-20(5-3-6-21(19)23(16)34)22(33)9-10-32-14-15-11-17(24(26,27)28)13-18(12-15)25(29,30)31/h2-3,5-6,11-13,16,32H,1,4,7-10,14H2. The van der Waals surface area contributed by atoms with Gasteiger partial charge >= 0.3 is 12.4 Å². The SMILES string of the molecule is C=CCC1CCc2c(C(=O)CCNCc3cc(C(F)(F)F)cc(C(F)(F)F)c3)cccc2C1=O. The van der Waals surface area contributed by atoms with Crippen molar-refractivity contribution in [2.45, 2.75) is 44.6 Å². The lowest BCUT2D eigenvalue weighted by Crippen LogP contribution is -2.25. The van der Waals surface area contributed by atoms with E-state index in [9.17, 15) is 35.9 Å². The van der Waals surface area contributed by atoms with E-state index in [-0.39, 0.29) is 48.6 Å². The second kappa shape index (κ2) is 10.1. The Morgan fingerprint density at radius 2 is 1.71 bits per heavy atom. The van der Waals surface area contributed by atoms with Crippen molar-refractivity contribution in [1.29, 1.82) is 0 Å². The number of fused-ring (bicyclic) bond motifs is 1. The minimum absolute atomic E-state index is 0.0220. The number of rotatable bonds is 8. The molecule has 34 heavy (non-hydrogen) atoms.